The fraction of sp³-hybridized carbons (Fsp3) is 0.944. The highest BCUT2D eigenvalue weighted by atomic mass is 16.7. The third-order valence-corrected chi connectivity index (χ3v) is 13.4. The summed E-state index contributed by atoms with van der Waals surface area (Å²) in [6.45, 7) is 3.86. The van der Waals surface area contributed by atoms with E-state index in [0.29, 0.717) is 12.8 Å². The Morgan fingerprint density at radius 3 is 1.29 bits per heavy atom. The van der Waals surface area contributed by atoms with E-state index in [-0.39, 0.29) is 12.5 Å². The molecule has 1 amide bonds. The van der Waals surface area contributed by atoms with Gasteiger partial charge in [0.25, 0.3) is 0 Å². The van der Waals surface area contributed by atoms with E-state index in [1.165, 1.54) is 205 Å². The first-order valence-electron chi connectivity index (χ1n) is 27.4. The summed E-state index contributed by atoms with van der Waals surface area (Å²) in [5, 5.41) is 54.6. The molecule has 1 aliphatic rings. The minimum absolute atomic E-state index is 0.133. The van der Waals surface area contributed by atoms with Crippen LogP contribution in [0.4, 0.5) is 0 Å². The smallest absolute Gasteiger partial charge is 0.220 e. The van der Waals surface area contributed by atoms with Crippen molar-refractivity contribution in [1.82, 2.24) is 5.32 Å². The van der Waals surface area contributed by atoms with Crippen molar-refractivity contribution in [2.75, 3.05) is 13.2 Å². The van der Waals surface area contributed by atoms with Crippen LogP contribution in [-0.4, -0.2) is 87.5 Å². The van der Waals surface area contributed by atoms with Crippen LogP contribution in [0.5, 0.6) is 0 Å². The number of rotatable bonds is 47. The number of nitrogens with one attached hydrogen (secondary N) is 1. The van der Waals surface area contributed by atoms with Crippen LogP contribution in [0, 0.1) is 0 Å². The van der Waals surface area contributed by atoms with Gasteiger partial charge >= 0.3 is 0 Å². The van der Waals surface area contributed by atoms with Crippen molar-refractivity contribution in [3.05, 3.63) is 12.2 Å². The monoisotopic (exact) mass is 896 g/mol. The molecule has 63 heavy (non-hydrogen) atoms. The van der Waals surface area contributed by atoms with Crippen molar-refractivity contribution in [2.45, 2.75) is 314 Å². The average Bonchev–Trinajstić information content (AvgIpc) is 3.28. The third-order valence-electron chi connectivity index (χ3n) is 13.4. The molecule has 0 aromatic heterocycles. The van der Waals surface area contributed by atoms with E-state index in [1.807, 2.05) is 0 Å². The molecule has 2 unspecified atom stereocenters. The predicted molar refractivity (Wildman–Crippen MR) is 263 cm³/mol. The van der Waals surface area contributed by atoms with Crippen LogP contribution in [0.15, 0.2) is 12.2 Å². The van der Waals surface area contributed by atoms with Crippen LogP contribution in [0.2, 0.25) is 0 Å². The number of ether oxygens (including phenoxy) is 2. The Hall–Kier alpha value is -1.07. The highest BCUT2D eigenvalue weighted by Crippen LogP contribution is 2.23. The summed E-state index contributed by atoms with van der Waals surface area (Å²) in [6.07, 6.45) is 46.5. The van der Waals surface area contributed by atoms with E-state index >= 15 is 0 Å². The highest BCUT2D eigenvalue weighted by molar-refractivity contribution is 5.76. The van der Waals surface area contributed by atoms with Gasteiger partial charge in [0.15, 0.2) is 6.29 Å². The zero-order valence-corrected chi connectivity index (χ0v) is 41.4. The van der Waals surface area contributed by atoms with E-state index in [4.69, 9.17) is 9.47 Å². The summed E-state index contributed by atoms with van der Waals surface area (Å²) in [5.41, 5.74) is 0. The van der Waals surface area contributed by atoms with Crippen molar-refractivity contribution in [3.8, 4) is 0 Å². The van der Waals surface area contributed by atoms with Crippen LogP contribution in [-0.2, 0) is 14.3 Å². The zero-order chi connectivity index (χ0) is 45.9. The van der Waals surface area contributed by atoms with Crippen molar-refractivity contribution in [3.63, 3.8) is 0 Å². The molecule has 0 saturated carbocycles. The lowest BCUT2D eigenvalue weighted by atomic mass is 9.99. The maximum absolute atomic E-state index is 13.0. The lowest BCUT2D eigenvalue weighted by Crippen LogP contribution is -2.60. The number of amides is 1. The number of carbonyl (C=O) groups is 1. The van der Waals surface area contributed by atoms with Crippen molar-refractivity contribution < 1.29 is 39.8 Å². The van der Waals surface area contributed by atoms with Crippen LogP contribution in [0.25, 0.3) is 0 Å². The number of aliphatic hydroxyl groups excluding tert-OH is 5. The van der Waals surface area contributed by atoms with Crippen LogP contribution < -0.4 is 5.32 Å². The van der Waals surface area contributed by atoms with E-state index in [1.54, 1.807) is 0 Å². The van der Waals surface area contributed by atoms with Gasteiger partial charge in [0, 0.05) is 6.42 Å². The SMILES string of the molecule is CCCCCCCC/C=C/CCCCCCCCCCCCCCCC(=O)N[C@@H](CO[C@H]1O[C@@H](CO)[C@H](O)C(O)C1O)[C@H](O)CCCCCCCCCCCCCCCCCCC. The molecule has 9 heteroatoms. The molecule has 1 aliphatic heterocycles. The molecule has 0 aromatic carbocycles. The van der Waals surface area contributed by atoms with Crippen LogP contribution in [0.3, 0.4) is 0 Å². The van der Waals surface area contributed by atoms with E-state index in [9.17, 15) is 30.3 Å². The van der Waals surface area contributed by atoms with Gasteiger partial charge in [-0.3, -0.25) is 4.79 Å². The number of aliphatic hydroxyl groups is 5. The first-order valence-corrected chi connectivity index (χ1v) is 27.4. The molecule has 0 spiro atoms. The van der Waals surface area contributed by atoms with Gasteiger partial charge in [-0.15, -0.1) is 0 Å². The number of allylic oxidation sites excluding steroid dienone is 2. The molecule has 6 N–H and O–H groups in total. The molecule has 9 nitrogen and oxygen atoms in total. The summed E-state index contributed by atoms with van der Waals surface area (Å²) in [7, 11) is 0. The summed E-state index contributed by atoms with van der Waals surface area (Å²) in [6, 6.07) is -0.715. The second-order valence-corrected chi connectivity index (χ2v) is 19.4. The predicted octanol–water partition coefficient (Wildman–Crippen LogP) is 12.8. The lowest BCUT2D eigenvalue weighted by molar-refractivity contribution is -0.302. The summed E-state index contributed by atoms with van der Waals surface area (Å²) in [5.74, 6) is -0.140. The fourth-order valence-corrected chi connectivity index (χ4v) is 8.98. The van der Waals surface area contributed by atoms with Gasteiger partial charge in [-0.2, -0.15) is 0 Å². The van der Waals surface area contributed by atoms with Gasteiger partial charge in [0.2, 0.25) is 5.91 Å². The van der Waals surface area contributed by atoms with Gasteiger partial charge in [0.05, 0.1) is 25.4 Å². The number of unbranched alkanes of at least 4 members (excludes halogenated alkanes) is 35. The number of carbonyl (C=O) groups excluding carboxylic acids is 1. The summed E-state index contributed by atoms with van der Waals surface area (Å²) in [4.78, 5) is 13.0. The molecule has 0 aliphatic carbocycles. The Balaban J connectivity index is 2.22. The van der Waals surface area contributed by atoms with Gasteiger partial charge in [-0.25, -0.2) is 0 Å². The first-order chi connectivity index (χ1) is 30.8. The topological polar surface area (TPSA) is 149 Å². The van der Waals surface area contributed by atoms with Crippen LogP contribution >= 0.6 is 0 Å². The molecular weight excluding hydrogens is 791 g/mol. The molecule has 1 rings (SSSR count). The first kappa shape index (κ1) is 59.9. The van der Waals surface area contributed by atoms with Crippen LogP contribution in [0.1, 0.15) is 271 Å². The maximum atomic E-state index is 13.0. The molecule has 1 fully saturated rings. The standard InChI is InChI=1S/C54H105NO8/c1-3-5-7-9-11-13-15-17-19-21-22-23-24-25-26-28-30-32-34-36-38-40-42-44-50(58)55-47(46-62-54-53(61)52(60)51(59)49(45-56)63-54)48(57)43-41-39-37-35-33-31-29-27-20-18-16-14-12-10-8-6-4-2/h17,19,47-49,51-54,56-57,59-61H,3-16,18,20-46H2,1-2H3,(H,55,58)/b19-17+/t47-,48+,49-,51-,52?,53?,54-/m0/s1. The van der Waals surface area contributed by atoms with Gasteiger partial charge < -0.3 is 40.3 Å². The second kappa shape index (κ2) is 44.7. The molecule has 7 atom stereocenters. The summed E-state index contributed by atoms with van der Waals surface area (Å²) < 4.78 is 11.3. The molecule has 1 heterocycles. The van der Waals surface area contributed by atoms with E-state index < -0.39 is 49.5 Å². The van der Waals surface area contributed by atoms with E-state index in [2.05, 4.69) is 31.3 Å². The molecular formula is C54H105NO8. The number of hydrogen-bond donors (Lipinski definition) is 6. The van der Waals surface area contributed by atoms with Gasteiger partial charge in [-0.05, 0) is 38.5 Å². The zero-order valence-electron chi connectivity index (χ0n) is 41.4. The second-order valence-electron chi connectivity index (χ2n) is 19.4. The molecule has 0 bridgehead atoms. The Morgan fingerprint density at radius 1 is 0.524 bits per heavy atom. The summed E-state index contributed by atoms with van der Waals surface area (Å²) >= 11 is 0. The van der Waals surface area contributed by atoms with Gasteiger partial charge in [0.1, 0.15) is 24.4 Å². The van der Waals surface area contributed by atoms with Crippen molar-refractivity contribution in [2.24, 2.45) is 0 Å². The van der Waals surface area contributed by atoms with Crippen molar-refractivity contribution in [1.29, 1.82) is 0 Å². The highest BCUT2D eigenvalue weighted by Gasteiger charge is 2.44. The minimum Gasteiger partial charge on any atom is -0.394 e. The Kier molecular flexibility index (Phi) is 42.6. The number of hydrogen-bond acceptors (Lipinski definition) is 8. The largest absolute Gasteiger partial charge is 0.394 e. The Morgan fingerprint density at radius 2 is 0.889 bits per heavy atom. The Labute approximate surface area is 388 Å². The lowest BCUT2D eigenvalue weighted by Gasteiger charge is -2.40. The molecule has 1 saturated heterocycles. The van der Waals surface area contributed by atoms with Crippen molar-refractivity contribution >= 4 is 5.91 Å². The molecule has 0 aromatic rings. The van der Waals surface area contributed by atoms with Gasteiger partial charge in [-0.1, -0.05) is 238 Å². The maximum Gasteiger partial charge on any atom is 0.220 e. The minimum atomic E-state index is -1.55. The fourth-order valence-electron chi connectivity index (χ4n) is 8.98. The molecule has 0 radical (unpaired) electrons. The quantitative estimate of drug-likeness (QED) is 0.0261. The third kappa shape index (κ3) is 34.8. The average molecular weight is 896 g/mol. The normalized spacial score (nSPS) is 20.1. The van der Waals surface area contributed by atoms with E-state index in [0.717, 1.165) is 38.5 Å². The molecule has 374 valence electrons. The Bertz CT molecular complexity index is 997.